The van der Waals surface area contributed by atoms with E-state index in [0.717, 1.165) is 6.42 Å². The first-order valence-corrected chi connectivity index (χ1v) is 6.46. The van der Waals surface area contributed by atoms with Gasteiger partial charge in [0.15, 0.2) is 0 Å². The number of carbonyl (C=O) groups excluding carboxylic acids is 1. The third kappa shape index (κ3) is 2.74. The smallest absolute Gasteiger partial charge is 0.272 e. The summed E-state index contributed by atoms with van der Waals surface area (Å²) >= 11 is 0. The molecule has 20 heavy (non-hydrogen) atoms. The Balaban J connectivity index is 1.61. The van der Waals surface area contributed by atoms with Crippen molar-refractivity contribution in [2.75, 3.05) is 13.1 Å². The molecule has 0 radical (unpaired) electrons. The van der Waals surface area contributed by atoms with Gasteiger partial charge in [0.25, 0.3) is 5.91 Å². The second-order valence-corrected chi connectivity index (χ2v) is 4.54. The Morgan fingerprint density at radius 3 is 2.95 bits per heavy atom. The molecule has 1 aliphatic heterocycles. The van der Waals surface area contributed by atoms with Crippen LogP contribution in [0.15, 0.2) is 43.0 Å². The fraction of sp³-hybridized carbons (Fsp3) is 0.286. The summed E-state index contributed by atoms with van der Waals surface area (Å²) in [4.78, 5) is 26.1. The first-order valence-electron chi connectivity index (χ1n) is 6.46. The van der Waals surface area contributed by atoms with Crippen LogP contribution in [0.25, 0.3) is 0 Å². The zero-order valence-corrected chi connectivity index (χ0v) is 10.8. The number of rotatable bonds is 3. The minimum absolute atomic E-state index is 0.0423. The second-order valence-electron chi connectivity index (χ2n) is 4.54. The number of hydrogen-bond acceptors (Lipinski definition) is 5. The van der Waals surface area contributed by atoms with E-state index in [1.165, 1.54) is 0 Å². The summed E-state index contributed by atoms with van der Waals surface area (Å²) < 4.78 is 5.70. The highest BCUT2D eigenvalue weighted by atomic mass is 16.5. The minimum atomic E-state index is -0.0594. The van der Waals surface area contributed by atoms with Crippen molar-refractivity contribution in [3.05, 3.63) is 48.7 Å². The van der Waals surface area contributed by atoms with E-state index in [0.29, 0.717) is 24.7 Å². The zero-order chi connectivity index (χ0) is 13.8. The molecular formula is C14H14N4O2. The molecule has 1 saturated heterocycles. The van der Waals surface area contributed by atoms with Gasteiger partial charge in [0.2, 0.25) is 5.88 Å². The molecular weight excluding hydrogens is 256 g/mol. The number of carbonyl (C=O) groups is 1. The molecule has 0 spiro atoms. The van der Waals surface area contributed by atoms with Crippen LogP contribution < -0.4 is 4.74 Å². The van der Waals surface area contributed by atoms with Gasteiger partial charge in [-0.2, -0.15) is 0 Å². The van der Waals surface area contributed by atoms with Crippen molar-refractivity contribution >= 4 is 5.91 Å². The van der Waals surface area contributed by atoms with Crippen LogP contribution in [0, 0.1) is 0 Å². The molecule has 0 N–H and O–H groups in total. The standard InChI is InChI=1S/C14H14N4O2/c19-14(12-3-1-2-5-16-12)18-8-4-11(10-18)20-13-9-15-6-7-17-13/h1-3,5-7,9,11H,4,8,10H2/t11-/m0/s1. The van der Waals surface area contributed by atoms with Crippen molar-refractivity contribution in [1.29, 1.82) is 0 Å². The molecule has 2 aromatic rings. The maximum atomic E-state index is 12.2. The van der Waals surface area contributed by atoms with E-state index >= 15 is 0 Å². The molecule has 6 heteroatoms. The largest absolute Gasteiger partial charge is 0.471 e. The summed E-state index contributed by atoms with van der Waals surface area (Å²) in [5.41, 5.74) is 0.465. The van der Waals surface area contributed by atoms with Crippen molar-refractivity contribution in [2.24, 2.45) is 0 Å². The molecule has 6 nitrogen and oxygen atoms in total. The Hall–Kier alpha value is -2.50. The number of amides is 1. The topological polar surface area (TPSA) is 68.2 Å². The van der Waals surface area contributed by atoms with Gasteiger partial charge in [-0.05, 0) is 12.1 Å². The quantitative estimate of drug-likeness (QED) is 0.837. The third-order valence-corrected chi connectivity index (χ3v) is 3.14. The van der Waals surface area contributed by atoms with Crippen LogP contribution in [-0.2, 0) is 0 Å². The predicted molar refractivity (Wildman–Crippen MR) is 71.2 cm³/mol. The van der Waals surface area contributed by atoms with E-state index in [-0.39, 0.29) is 12.0 Å². The maximum Gasteiger partial charge on any atom is 0.272 e. The van der Waals surface area contributed by atoms with E-state index in [1.54, 1.807) is 41.8 Å². The average molecular weight is 270 g/mol. The Kier molecular flexibility index (Phi) is 3.54. The van der Waals surface area contributed by atoms with Gasteiger partial charge in [0.1, 0.15) is 11.8 Å². The van der Waals surface area contributed by atoms with Gasteiger partial charge in [-0.3, -0.25) is 14.8 Å². The molecule has 0 saturated carbocycles. The number of pyridine rings is 1. The molecule has 1 atom stereocenters. The Labute approximate surface area is 116 Å². The Morgan fingerprint density at radius 2 is 2.20 bits per heavy atom. The summed E-state index contributed by atoms with van der Waals surface area (Å²) in [5.74, 6) is 0.431. The van der Waals surface area contributed by atoms with E-state index in [1.807, 2.05) is 6.07 Å². The molecule has 3 heterocycles. The predicted octanol–water partition coefficient (Wildman–Crippen LogP) is 1.17. The van der Waals surface area contributed by atoms with Crippen LogP contribution in [-0.4, -0.2) is 45.0 Å². The van der Waals surface area contributed by atoms with Gasteiger partial charge in [-0.25, -0.2) is 4.98 Å². The van der Waals surface area contributed by atoms with Crippen LogP contribution in [0.4, 0.5) is 0 Å². The summed E-state index contributed by atoms with van der Waals surface area (Å²) in [5, 5.41) is 0. The molecule has 3 rings (SSSR count). The van der Waals surface area contributed by atoms with Gasteiger partial charge in [-0.1, -0.05) is 6.07 Å². The van der Waals surface area contributed by atoms with Crippen molar-refractivity contribution in [1.82, 2.24) is 19.9 Å². The lowest BCUT2D eigenvalue weighted by Gasteiger charge is -2.16. The lowest BCUT2D eigenvalue weighted by molar-refractivity contribution is 0.0765. The fourth-order valence-electron chi connectivity index (χ4n) is 2.18. The highest BCUT2D eigenvalue weighted by Crippen LogP contribution is 2.17. The fourth-order valence-corrected chi connectivity index (χ4v) is 2.18. The Bertz CT molecular complexity index is 576. The molecule has 1 amide bonds. The lowest BCUT2D eigenvalue weighted by Crippen LogP contribution is -2.31. The molecule has 0 aromatic carbocycles. The molecule has 0 unspecified atom stereocenters. The summed E-state index contributed by atoms with van der Waals surface area (Å²) in [6.07, 6.45) is 7.12. The normalized spacial score (nSPS) is 18.0. The monoisotopic (exact) mass is 270 g/mol. The van der Waals surface area contributed by atoms with Crippen LogP contribution in [0.3, 0.4) is 0 Å². The SMILES string of the molecule is O=C(c1ccccn1)N1CC[C@H](Oc2cnccn2)C1. The van der Waals surface area contributed by atoms with Crippen molar-refractivity contribution in [3.63, 3.8) is 0 Å². The van der Waals surface area contributed by atoms with E-state index in [2.05, 4.69) is 15.0 Å². The molecule has 1 fully saturated rings. The van der Waals surface area contributed by atoms with E-state index < -0.39 is 0 Å². The van der Waals surface area contributed by atoms with Crippen molar-refractivity contribution in [2.45, 2.75) is 12.5 Å². The van der Waals surface area contributed by atoms with Gasteiger partial charge >= 0.3 is 0 Å². The first kappa shape index (κ1) is 12.5. The summed E-state index contributed by atoms with van der Waals surface area (Å²) in [6, 6.07) is 5.32. The average Bonchev–Trinajstić information content (AvgIpc) is 2.97. The van der Waals surface area contributed by atoms with Gasteiger partial charge in [0, 0.05) is 31.6 Å². The maximum absolute atomic E-state index is 12.2. The third-order valence-electron chi connectivity index (χ3n) is 3.14. The molecule has 1 aliphatic rings. The first-order chi connectivity index (χ1) is 9.83. The van der Waals surface area contributed by atoms with Gasteiger partial charge < -0.3 is 9.64 Å². The molecule has 0 bridgehead atoms. The highest BCUT2D eigenvalue weighted by molar-refractivity contribution is 5.92. The lowest BCUT2D eigenvalue weighted by atomic mass is 10.3. The Morgan fingerprint density at radius 1 is 1.25 bits per heavy atom. The van der Waals surface area contributed by atoms with Crippen LogP contribution in [0.5, 0.6) is 5.88 Å². The van der Waals surface area contributed by atoms with Crippen molar-refractivity contribution in [3.8, 4) is 5.88 Å². The minimum Gasteiger partial charge on any atom is -0.471 e. The number of hydrogen-bond donors (Lipinski definition) is 0. The van der Waals surface area contributed by atoms with E-state index in [4.69, 9.17) is 4.74 Å². The van der Waals surface area contributed by atoms with Crippen LogP contribution >= 0.6 is 0 Å². The highest BCUT2D eigenvalue weighted by Gasteiger charge is 2.28. The summed E-state index contributed by atoms with van der Waals surface area (Å²) in [7, 11) is 0. The molecule has 102 valence electrons. The van der Waals surface area contributed by atoms with Gasteiger partial charge in [0.05, 0.1) is 12.7 Å². The number of ether oxygens (including phenoxy) is 1. The van der Waals surface area contributed by atoms with Gasteiger partial charge in [-0.15, -0.1) is 0 Å². The van der Waals surface area contributed by atoms with E-state index in [9.17, 15) is 4.79 Å². The van der Waals surface area contributed by atoms with Crippen molar-refractivity contribution < 1.29 is 9.53 Å². The summed E-state index contributed by atoms with van der Waals surface area (Å²) in [6.45, 7) is 1.21. The zero-order valence-electron chi connectivity index (χ0n) is 10.8. The van der Waals surface area contributed by atoms with Crippen LogP contribution in [0.2, 0.25) is 0 Å². The number of aromatic nitrogens is 3. The van der Waals surface area contributed by atoms with Crippen LogP contribution in [0.1, 0.15) is 16.9 Å². The second kappa shape index (κ2) is 5.64. The number of likely N-dealkylation sites (tertiary alicyclic amines) is 1. The number of nitrogens with zero attached hydrogens (tertiary/aromatic N) is 4. The molecule has 2 aromatic heterocycles. The molecule has 0 aliphatic carbocycles.